The van der Waals surface area contributed by atoms with E-state index in [1.54, 1.807) is 6.92 Å². The minimum atomic E-state index is -0.963. The highest BCUT2D eigenvalue weighted by Crippen LogP contribution is 1.96. The number of carboxylic acids is 1. The monoisotopic (exact) mass is 211 g/mol. The van der Waals surface area contributed by atoms with Gasteiger partial charge >= 0.3 is 11.9 Å². The third-order valence-corrected chi connectivity index (χ3v) is 1.26. The quantitative estimate of drug-likeness (QED) is 0.633. The molecule has 0 unspecified atom stereocenters. The van der Waals surface area contributed by atoms with Gasteiger partial charge in [0.05, 0.1) is 6.61 Å². The van der Waals surface area contributed by atoms with E-state index in [9.17, 15) is 9.59 Å². The van der Waals surface area contributed by atoms with Crippen LogP contribution in [-0.4, -0.2) is 29.7 Å². The summed E-state index contributed by atoms with van der Waals surface area (Å²) in [5.74, 6) is -1.51. The Labute approximate surface area is 82.7 Å². The second kappa shape index (κ2) is 7.82. The van der Waals surface area contributed by atoms with E-state index in [0.29, 0.717) is 0 Å². The molecule has 0 fully saturated rings. The maximum Gasteiger partial charge on any atom is 0.322 e. The van der Waals surface area contributed by atoms with Gasteiger partial charge in [-0.2, -0.15) is 0 Å². The van der Waals surface area contributed by atoms with Crippen molar-refractivity contribution in [3.05, 3.63) is 0 Å². The number of hydrogen-bond acceptors (Lipinski definition) is 4. The molecule has 0 rings (SSSR count). The van der Waals surface area contributed by atoms with Gasteiger partial charge in [-0.25, -0.2) is 0 Å². The molecule has 0 aliphatic rings. The summed E-state index contributed by atoms with van der Waals surface area (Å²) in [4.78, 5) is 20.9. The Morgan fingerprint density at radius 2 is 2.08 bits per heavy atom. The lowest BCUT2D eigenvalue weighted by molar-refractivity contribution is -0.145. The highest BCUT2D eigenvalue weighted by atomic mass is 35.5. The zero-order valence-corrected chi connectivity index (χ0v) is 8.17. The van der Waals surface area contributed by atoms with Crippen LogP contribution in [0.3, 0.4) is 0 Å². The molecule has 0 bridgehead atoms. The lowest BCUT2D eigenvalue weighted by atomic mass is 10.2. The van der Waals surface area contributed by atoms with Crippen molar-refractivity contribution in [2.24, 2.45) is 5.73 Å². The average molecular weight is 212 g/mol. The largest absolute Gasteiger partial charge is 0.481 e. The van der Waals surface area contributed by atoms with Crippen molar-refractivity contribution in [2.45, 2.75) is 25.8 Å². The molecule has 0 aromatic rings. The predicted octanol–water partition coefficient (Wildman–Crippen LogP) is 0.163. The van der Waals surface area contributed by atoms with Crippen molar-refractivity contribution in [3.63, 3.8) is 0 Å². The molecule has 0 aliphatic carbocycles. The summed E-state index contributed by atoms with van der Waals surface area (Å²) in [6.45, 7) is 1.93. The van der Waals surface area contributed by atoms with Crippen LogP contribution in [0.5, 0.6) is 0 Å². The van der Waals surface area contributed by atoms with E-state index < -0.39 is 18.0 Å². The molecule has 3 N–H and O–H groups in total. The van der Waals surface area contributed by atoms with Crippen LogP contribution in [0.4, 0.5) is 0 Å². The highest BCUT2D eigenvalue weighted by molar-refractivity contribution is 5.85. The summed E-state index contributed by atoms with van der Waals surface area (Å²) in [5.41, 5.74) is 5.31. The number of rotatable bonds is 5. The van der Waals surface area contributed by atoms with Crippen LogP contribution in [0, 0.1) is 0 Å². The van der Waals surface area contributed by atoms with Gasteiger partial charge in [-0.15, -0.1) is 12.4 Å². The Morgan fingerprint density at radius 3 is 2.46 bits per heavy atom. The van der Waals surface area contributed by atoms with E-state index in [1.165, 1.54) is 0 Å². The Bertz CT molecular complexity index is 174. The number of aliphatic carboxylic acids is 1. The molecule has 0 spiro atoms. The summed E-state index contributed by atoms with van der Waals surface area (Å²) in [7, 11) is 0. The topological polar surface area (TPSA) is 89.6 Å². The van der Waals surface area contributed by atoms with Crippen LogP contribution in [0.25, 0.3) is 0 Å². The first-order chi connectivity index (χ1) is 5.57. The molecule has 0 aliphatic heterocycles. The van der Waals surface area contributed by atoms with Gasteiger partial charge in [0.25, 0.3) is 0 Å². The van der Waals surface area contributed by atoms with Crippen LogP contribution in [0.2, 0.25) is 0 Å². The SMILES string of the molecule is CCOC(=O)[C@@H](N)CCC(=O)O.Cl. The fourth-order valence-corrected chi connectivity index (χ4v) is 0.646. The summed E-state index contributed by atoms with van der Waals surface area (Å²) in [5, 5.41) is 8.27. The van der Waals surface area contributed by atoms with E-state index in [0.717, 1.165) is 0 Å². The van der Waals surface area contributed by atoms with Gasteiger partial charge in [-0.1, -0.05) is 0 Å². The lowest BCUT2D eigenvalue weighted by Gasteiger charge is -2.07. The standard InChI is InChI=1S/C7H13NO4.ClH/c1-2-12-7(11)5(8)3-4-6(9)10;/h5H,2-4,8H2,1H3,(H,9,10);1H/t5-;/m0./s1. The first-order valence-corrected chi connectivity index (χ1v) is 3.72. The highest BCUT2D eigenvalue weighted by Gasteiger charge is 2.15. The van der Waals surface area contributed by atoms with Gasteiger partial charge in [0, 0.05) is 6.42 Å². The molecule has 0 radical (unpaired) electrons. The fourth-order valence-electron chi connectivity index (χ4n) is 0.646. The minimum Gasteiger partial charge on any atom is -0.481 e. The fraction of sp³-hybridized carbons (Fsp3) is 0.714. The maximum absolute atomic E-state index is 10.8. The molecular formula is C7H14ClNO4. The zero-order chi connectivity index (χ0) is 9.56. The molecular weight excluding hydrogens is 198 g/mol. The number of ether oxygens (including phenoxy) is 1. The third-order valence-electron chi connectivity index (χ3n) is 1.26. The van der Waals surface area contributed by atoms with Crippen molar-refractivity contribution >= 4 is 24.3 Å². The predicted molar refractivity (Wildman–Crippen MR) is 48.7 cm³/mol. The van der Waals surface area contributed by atoms with Crippen molar-refractivity contribution in [1.29, 1.82) is 0 Å². The number of hydrogen-bond donors (Lipinski definition) is 2. The molecule has 78 valence electrons. The number of carboxylic acid groups (broad SMARTS) is 1. The van der Waals surface area contributed by atoms with Crippen LogP contribution in [-0.2, 0) is 14.3 Å². The normalized spacial score (nSPS) is 11.2. The zero-order valence-electron chi connectivity index (χ0n) is 7.36. The van der Waals surface area contributed by atoms with Crippen molar-refractivity contribution < 1.29 is 19.4 Å². The van der Waals surface area contributed by atoms with E-state index in [-0.39, 0.29) is 31.9 Å². The number of halogens is 1. The molecule has 0 amide bonds. The lowest BCUT2D eigenvalue weighted by Crippen LogP contribution is -2.32. The molecule has 1 atom stereocenters. The second-order valence-electron chi connectivity index (χ2n) is 2.29. The van der Waals surface area contributed by atoms with Gasteiger partial charge < -0.3 is 15.6 Å². The molecule has 0 saturated heterocycles. The number of carbonyl (C=O) groups excluding carboxylic acids is 1. The van der Waals surface area contributed by atoms with Gasteiger partial charge in [-0.3, -0.25) is 9.59 Å². The van der Waals surface area contributed by atoms with Crippen LogP contribution >= 0.6 is 12.4 Å². The Balaban J connectivity index is 0. The average Bonchev–Trinajstić information content (AvgIpc) is 2.00. The minimum absolute atomic E-state index is 0. The van der Waals surface area contributed by atoms with Crippen LogP contribution in [0.1, 0.15) is 19.8 Å². The maximum atomic E-state index is 10.8. The molecule has 0 aromatic carbocycles. The number of carbonyl (C=O) groups is 2. The Hall–Kier alpha value is -0.810. The number of nitrogens with two attached hydrogens (primary N) is 1. The summed E-state index contributed by atoms with van der Waals surface area (Å²) < 4.78 is 4.58. The summed E-state index contributed by atoms with van der Waals surface area (Å²) >= 11 is 0. The van der Waals surface area contributed by atoms with Gasteiger partial charge in [0.2, 0.25) is 0 Å². The van der Waals surface area contributed by atoms with Crippen molar-refractivity contribution in [3.8, 4) is 0 Å². The van der Waals surface area contributed by atoms with Crippen molar-refractivity contribution in [2.75, 3.05) is 6.61 Å². The molecule has 13 heavy (non-hydrogen) atoms. The first-order valence-electron chi connectivity index (χ1n) is 3.72. The molecule has 0 saturated carbocycles. The van der Waals surface area contributed by atoms with E-state index in [1.807, 2.05) is 0 Å². The van der Waals surface area contributed by atoms with Crippen molar-refractivity contribution in [1.82, 2.24) is 0 Å². The van der Waals surface area contributed by atoms with Gasteiger partial charge in [0.15, 0.2) is 0 Å². The first kappa shape index (κ1) is 14.7. The summed E-state index contributed by atoms with van der Waals surface area (Å²) in [6, 6.07) is -0.818. The number of esters is 1. The molecule has 0 heterocycles. The Morgan fingerprint density at radius 1 is 1.54 bits per heavy atom. The second-order valence-corrected chi connectivity index (χ2v) is 2.29. The third kappa shape index (κ3) is 7.55. The molecule has 0 aromatic heterocycles. The smallest absolute Gasteiger partial charge is 0.322 e. The summed E-state index contributed by atoms with van der Waals surface area (Å²) in [6.07, 6.45) is 0.00808. The van der Waals surface area contributed by atoms with E-state index in [2.05, 4.69) is 4.74 Å². The van der Waals surface area contributed by atoms with E-state index in [4.69, 9.17) is 10.8 Å². The van der Waals surface area contributed by atoms with Crippen LogP contribution in [0.15, 0.2) is 0 Å². The Kier molecular flexibility index (Phi) is 8.84. The van der Waals surface area contributed by atoms with Gasteiger partial charge in [-0.05, 0) is 13.3 Å². The molecule has 6 heteroatoms. The molecule has 5 nitrogen and oxygen atoms in total. The van der Waals surface area contributed by atoms with Gasteiger partial charge in [0.1, 0.15) is 6.04 Å². The van der Waals surface area contributed by atoms with Crippen LogP contribution < -0.4 is 5.73 Å². The van der Waals surface area contributed by atoms with E-state index >= 15 is 0 Å².